The smallest absolute Gasteiger partial charge is 0.475 e. The van der Waals surface area contributed by atoms with Gasteiger partial charge in [0, 0.05) is 31.0 Å². The SMILES string of the molecule is O=C(Cc1ccccc1)N1CCC2(CC1)Cn1c(-c3cccnc3)cnc1CO2.O=C(O)C(F)(F)F. The second-order valence-electron chi connectivity index (χ2n) is 8.71. The zero-order chi connectivity index (χ0) is 25.8. The number of pyridine rings is 1. The first-order valence-corrected chi connectivity index (χ1v) is 11.4. The standard InChI is InChI=1S/C23H24N4O2.C2HF3O2/c28-22(13-18-5-2-1-3-6-18)26-11-8-23(9-12-26)17-27-20(15-25-21(27)16-29-23)19-7-4-10-24-14-19;3-2(4,5)1(6)7/h1-7,10,14-15H,8-9,11-13,16-17H2;(H,6,7). The third-order valence-electron chi connectivity index (χ3n) is 6.32. The quantitative estimate of drug-likeness (QED) is 0.587. The van der Waals surface area contributed by atoms with E-state index in [1.165, 1.54) is 0 Å². The molecule has 1 aromatic carbocycles. The molecule has 0 radical (unpaired) electrons. The van der Waals surface area contributed by atoms with Gasteiger partial charge in [0.15, 0.2) is 0 Å². The number of ether oxygens (including phenoxy) is 1. The minimum absolute atomic E-state index is 0.196. The maximum Gasteiger partial charge on any atom is 0.490 e. The van der Waals surface area contributed by atoms with Crippen LogP contribution in [0, 0.1) is 0 Å². The molecule has 0 atom stereocenters. The molecule has 1 N–H and O–H groups in total. The number of hydrogen-bond donors (Lipinski definition) is 1. The number of alkyl halides is 3. The highest BCUT2D eigenvalue weighted by Crippen LogP contribution is 2.35. The van der Waals surface area contributed by atoms with Gasteiger partial charge in [0.1, 0.15) is 12.4 Å². The van der Waals surface area contributed by atoms with Crippen LogP contribution in [0.1, 0.15) is 24.2 Å². The van der Waals surface area contributed by atoms with E-state index >= 15 is 0 Å². The van der Waals surface area contributed by atoms with E-state index in [0.29, 0.717) is 13.0 Å². The zero-order valence-electron chi connectivity index (χ0n) is 19.3. The molecule has 4 heterocycles. The summed E-state index contributed by atoms with van der Waals surface area (Å²) in [6.07, 6.45) is 2.63. The third-order valence-corrected chi connectivity index (χ3v) is 6.32. The van der Waals surface area contributed by atoms with E-state index in [1.54, 1.807) is 6.20 Å². The number of carboxylic acid groups (broad SMARTS) is 1. The van der Waals surface area contributed by atoms with Gasteiger partial charge in [-0.15, -0.1) is 0 Å². The lowest BCUT2D eigenvalue weighted by molar-refractivity contribution is -0.192. The van der Waals surface area contributed by atoms with E-state index in [0.717, 1.165) is 55.1 Å². The average Bonchev–Trinajstić information content (AvgIpc) is 3.28. The van der Waals surface area contributed by atoms with E-state index in [1.807, 2.05) is 53.7 Å². The van der Waals surface area contributed by atoms with Crippen molar-refractivity contribution in [2.45, 2.75) is 44.2 Å². The Kier molecular flexibility index (Phi) is 7.39. The van der Waals surface area contributed by atoms with Crippen LogP contribution >= 0.6 is 0 Å². The van der Waals surface area contributed by atoms with E-state index in [2.05, 4.69) is 20.6 Å². The molecular weight excluding hydrogens is 477 g/mol. The maximum atomic E-state index is 12.7. The Hall–Kier alpha value is -3.73. The van der Waals surface area contributed by atoms with Crippen molar-refractivity contribution in [3.63, 3.8) is 0 Å². The van der Waals surface area contributed by atoms with Crippen LogP contribution in [0.2, 0.25) is 0 Å². The number of benzene rings is 1. The zero-order valence-corrected chi connectivity index (χ0v) is 19.3. The van der Waals surface area contributed by atoms with Crippen molar-refractivity contribution in [2.24, 2.45) is 0 Å². The first-order chi connectivity index (χ1) is 17.2. The van der Waals surface area contributed by atoms with Gasteiger partial charge >= 0.3 is 12.1 Å². The molecule has 1 fully saturated rings. The van der Waals surface area contributed by atoms with Crippen molar-refractivity contribution >= 4 is 11.9 Å². The summed E-state index contributed by atoms with van der Waals surface area (Å²) in [5.74, 6) is -1.61. The lowest BCUT2D eigenvalue weighted by atomic mass is 9.89. The second kappa shape index (κ2) is 10.5. The normalized spacial score (nSPS) is 16.6. The highest BCUT2D eigenvalue weighted by molar-refractivity contribution is 5.78. The van der Waals surface area contributed by atoms with E-state index in [4.69, 9.17) is 14.6 Å². The minimum atomic E-state index is -5.08. The summed E-state index contributed by atoms with van der Waals surface area (Å²) in [7, 11) is 0. The molecule has 1 saturated heterocycles. The van der Waals surface area contributed by atoms with Gasteiger partial charge in [-0.1, -0.05) is 30.3 Å². The second-order valence-corrected chi connectivity index (χ2v) is 8.71. The summed E-state index contributed by atoms with van der Waals surface area (Å²) in [6.45, 7) is 2.75. The average molecular weight is 502 g/mol. The molecule has 0 unspecified atom stereocenters. The number of nitrogens with zero attached hydrogens (tertiary/aromatic N) is 4. The summed E-state index contributed by atoms with van der Waals surface area (Å²) >= 11 is 0. The van der Waals surface area contributed by atoms with Gasteiger partial charge in [-0.25, -0.2) is 9.78 Å². The molecule has 0 bridgehead atoms. The first kappa shape index (κ1) is 25.4. The minimum Gasteiger partial charge on any atom is -0.475 e. The summed E-state index contributed by atoms with van der Waals surface area (Å²) in [6, 6.07) is 14.0. The monoisotopic (exact) mass is 502 g/mol. The Labute approximate surface area is 205 Å². The number of amides is 1. The van der Waals surface area contributed by atoms with Gasteiger partial charge in [-0.05, 0) is 30.5 Å². The molecule has 8 nitrogen and oxygen atoms in total. The van der Waals surface area contributed by atoms with Crippen LogP contribution in [0.25, 0.3) is 11.3 Å². The molecule has 5 rings (SSSR count). The topological polar surface area (TPSA) is 97.5 Å². The first-order valence-electron chi connectivity index (χ1n) is 11.4. The number of hydrogen-bond acceptors (Lipinski definition) is 5. The van der Waals surface area contributed by atoms with Gasteiger partial charge in [0.05, 0.1) is 30.5 Å². The highest BCUT2D eigenvalue weighted by atomic mass is 19.4. The predicted molar refractivity (Wildman–Crippen MR) is 123 cm³/mol. The van der Waals surface area contributed by atoms with Gasteiger partial charge < -0.3 is 19.3 Å². The van der Waals surface area contributed by atoms with Gasteiger partial charge in [-0.3, -0.25) is 9.78 Å². The van der Waals surface area contributed by atoms with Crippen LogP contribution in [-0.2, 0) is 33.9 Å². The van der Waals surface area contributed by atoms with Crippen LogP contribution < -0.4 is 0 Å². The molecule has 1 spiro atoms. The highest BCUT2D eigenvalue weighted by Gasteiger charge is 2.41. The number of aliphatic carboxylic acids is 1. The van der Waals surface area contributed by atoms with Crippen molar-refractivity contribution in [1.29, 1.82) is 0 Å². The van der Waals surface area contributed by atoms with Gasteiger partial charge in [0.2, 0.25) is 5.91 Å². The van der Waals surface area contributed by atoms with Crippen LogP contribution in [-0.4, -0.2) is 61.3 Å². The van der Waals surface area contributed by atoms with Gasteiger partial charge in [-0.2, -0.15) is 13.2 Å². The van der Waals surface area contributed by atoms with Crippen LogP contribution in [0.3, 0.4) is 0 Å². The molecule has 36 heavy (non-hydrogen) atoms. The number of carbonyl (C=O) groups is 2. The van der Waals surface area contributed by atoms with Crippen molar-refractivity contribution in [3.8, 4) is 11.3 Å². The Morgan fingerprint density at radius 3 is 2.36 bits per heavy atom. The lowest BCUT2D eigenvalue weighted by Gasteiger charge is -2.44. The molecule has 0 saturated carbocycles. The third kappa shape index (κ3) is 5.91. The maximum absolute atomic E-state index is 12.7. The molecule has 190 valence electrons. The van der Waals surface area contributed by atoms with E-state index in [9.17, 15) is 18.0 Å². The van der Waals surface area contributed by atoms with Crippen LogP contribution in [0.5, 0.6) is 0 Å². The summed E-state index contributed by atoms with van der Waals surface area (Å²) in [5.41, 5.74) is 2.99. The molecule has 2 aliphatic heterocycles. The molecule has 0 aliphatic carbocycles. The Bertz CT molecular complexity index is 1190. The summed E-state index contributed by atoms with van der Waals surface area (Å²) < 4.78 is 40.3. The summed E-state index contributed by atoms with van der Waals surface area (Å²) in [4.78, 5) is 32.4. The van der Waals surface area contributed by atoms with E-state index < -0.39 is 12.1 Å². The molecular formula is C25H25F3N4O4. The fourth-order valence-electron chi connectivity index (χ4n) is 4.35. The number of aromatic nitrogens is 3. The molecule has 1 amide bonds. The van der Waals surface area contributed by atoms with Crippen molar-refractivity contribution in [2.75, 3.05) is 13.1 Å². The van der Waals surface area contributed by atoms with Gasteiger partial charge in [0.25, 0.3) is 0 Å². The molecule has 2 aromatic heterocycles. The molecule has 2 aliphatic rings. The van der Waals surface area contributed by atoms with Crippen LogP contribution in [0.15, 0.2) is 61.1 Å². The van der Waals surface area contributed by atoms with Crippen molar-refractivity contribution < 1.29 is 32.6 Å². The number of carbonyl (C=O) groups excluding carboxylic acids is 1. The van der Waals surface area contributed by atoms with Crippen molar-refractivity contribution in [1.82, 2.24) is 19.4 Å². The lowest BCUT2D eigenvalue weighted by Crippen LogP contribution is -2.52. The number of piperidine rings is 1. The summed E-state index contributed by atoms with van der Waals surface area (Å²) in [5, 5.41) is 7.12. The fourth-order valence-corrected chi connectivity index (χ4v) is 4.35. The number of imidazole rings is 1. The Morgan fingerprint density at radius 1 is 1.06 bits per heavy atom. The number of halogens is 3. The molecule has 3 aromatic rings. The number of fused-ring (bicyclic) bond motifs is 1. The van der Waals surface area contributed by atoms with E-state index in [-0.39, 0.29) is 11.5 Å². The molecule has 11 heteroatoms. The Morgan fingerprint density at radius 2 is 1.75 bits per heavy atom. The number of carboxylic acids is 1. The number of rotatable bonds is 3. The number of likely N-dealkylation sites (tertiary alicyclic amines) is 1. The predicted octanol–water partition coefficient (Wildman–Crippen LogP) is 3.71. The Balaban J connectivity index is 0.000000384. The van der Waals surface area contributed by atoms with Crippen LogP contribution in [0.4, 0.5) is 13.2 Å². The largest absolute Gasteiger partial charge is 0.490 e. The van der Waals surface area contributed by atoms with Crippen molar-refractivity contribution in [3.05, 3.63) is 72.4 Å². The fraction of sp³-hybridized carbons (Fsp3) is 0.360.